The van der Waals surface area contributed by atoms with Gasteiger partial charge in [-0.1, -0.05) is 47.6 Å². The summed E-state index contributed by atoms with van der Waals surface area (Å²) in [6.45, 7) is 7.35. The minimum Gasteiger partial charge on any atom is -0.379 e. The Balaban J connectivity index is 1.70. The van der Waals surface area contributed by atoms with Crippen molar-refractivity contribution < 1.29 is 13.7 Å². The molecule has 0 radical (unpaired) electrons. The Hall–Kier alpha value is -3.10. The number of benzene rings is 2. The number of halogens is 1. The molecule has 1 unspecified atom stereocenters. The molecule has 172 valence electrons. The van der Waals surface area contributed by atoms with Gasteiger partial charge in [0.05, 0.1) is 17.7 Å². The second-order valence-corrected chi connectivity index (χ2v) is 8.53. The van der Waals surface area contributed by atoms with Crippen LogP contribution < -0.4 is 5.32 Å². The molecular weight excluding hydrogens is 439 g/mol. The first kappa shape index (κ1) is 23.1. The molecule has 1 N–H and O–H groups in total. The quantitative estimate of drug-likeness (QED) is 0.354. The first-order valence-electron chi connectivity index (χ1n) is 11.0. The van der Waals surface area contributed by atoms with E-state index in [1.165, 1.54) is 12.1 Å². The summed E-state index contributed by atoms with van der Waals surface area (Å²) < 4.78 is 25.0. The third-order valence-corrected chi connectivity index (χ3v) is 5.80. The molecule has 0 amide bonds. The van der Waals surface area contributed by atoms with E-state index in [0.29, 0.717) is 30.0 Å². The number of ether oxygens (including phenoxy) is 1. The Kier molecular flexibility index (Phi) is 7.15. The van der Waals surface area contributed by atoms with Crippen molar-refractivity contribution in [3.8, 4) is 11.4 Å². The van der Waals surface area contributed by atoms with Crippen molar-refractivity contribution in [2.45, 2.75) is 39.3 Å². The molecule has 1 atom stereocenters. The molecule has 0 fully saturated rings. The summed E-state index contributed by atoms with van der Waals surface area (Å²) in [6.07, 6.45) is 0.992. The van der Waals surface area contributed by atoms with Crippen molar-refractivity contribution in [2.24, 2.45) is 0 Å². The van der Waals surface area contributed by atoms with Crippen molar-refractivity contribution in [3.05, 3.63) is 77.6 Å². The smallest absolute Gasteiger partial charge is 0.258 e. The number of aromatic nitrogens is 2. The summed E-state index contributed by atoms with van der Waals surface area (Å²) in [6, 6.07) is 15.7. The molecule has 6 nitrogen and oxygen atoms in total. The molecule has 0 bridgehead atoms. The van der Waals surface area contributed by atoms with Gasteiger partial charge < -0.3 is 19.5 Å². The van der Waals surface area contributed by atoms with E-state index in [4.69, 9.17) is 21.5 Å². The molecule has 0 aliphatic carbocycles. The number of thiocarbonyl (C=S) groups is 1. The number of allylic oxidation sites excluding steroid dienone is 1. The van der Waals surface area contributed by atoms with Crippen molar-refractivity contribution in [3.63, 3.8) is 0 Å². The lowest BCUT2D eigenvalue weighted by Gasteiger charge is -2.37. The van der Waals surface area contributed by atoms with Crippen molar-refractivity contribution in [1.82, 2.24) is 20.4 Å². The van der Waals surface area contributed by atoms with E-state index in [1.54, 1.807) is 12.1 Å². The van der Waals surface area contributed by atoms with Crippen LogP contribution in [-0.2, 0) is 4.74 Å². The minimum atomic E-state index is -0.342. The highest BCUT2D eigenvalue weighted by Gasteiger charge is 2.34. The maximum atomic E-state index is 13.6. The van der Waals surface area contributed by atoms with Crippen LogP contribution in [-0.4, -0.2) is 39.4 Å². The zero-order valence-corrected chi connectivity index (χ0v) is 19.7. The highest BCUT2D eigenvalue weighted by molar-refractivity contribution is 7.80. The summed E-state index contributed by atoms with van der Waals surface area (Å²) >= 11 is 5.69. The van der Waals surface area contributed by atoms with E-state index < -0.39 is 0 Å². The molecule has 0 saturated carbocycles. The highest BCUT2D eigenvalue weighted by Crippen LogP contribution is 2.37. The van der Waals surface area contributed by atoms with Crippen LogP contribution in [0, 0.1) is 5.82 Å². The molecule has 1 aromatic heterocycles. The Morgan fingerprint density at radius 2 is 1.88 bits per heavy atom. The topological polar surface area (TPSA) is 63.4 Å². The molecule has 2 aromatic carbocycles. The molecule has 1 aliphatic rings. The van der Waals surface area contributed by atoms with Crippen molar-refractivity contribution in [2.75, 3.05) is 13.2 Å². The summed E-state index contributed by atoms with van der Waals surface area (Å²) in [5.74, 6) is 0.614. The van der Waals surface area contributed by atoms with Gasteiger partial charge in [0, 0.05) is 24.4 Å². The molecule has 8 heteroatoms. The van der Waals surface area contributed by atoms with E-state index in [2.05, 4.69) is 15.5 Å². The van der Waals surface area contributed by atoms with Gasteiger partial charge in [-0.15, -0.1) is 0 Å². The number of nitrogens with zero attached hydrogens (tertiary/aromatic N) is 3. The summed E-state index contributed by atoms with van der Waals surface area (Å²) in [4.78, 5) is 6.71. The fraction of sp³-hybridized carbons (Fsp3) is 0.320. The molecule has 2 heterocycles. The number of nitrogens with one attached hydrogen (secondary N) is 1. The van der Waals surface area contributed by atoms with Crippen LogP contribution in [0.2, 0.25) is 0 Å². The van der Waals surface area contributed by atoms with Crippen molar-refractivity contribution >= 4 is 22.9 Å². The van der Waals surface area contributed by atoms with Gasteiger partial charge in [-0.3, -0.25) is 0 Å². The normalized spacial score (nSPS) is 16.5. The van der Waals surface area contributed by atoms with Crippen LogP contribution in [0.25, 0.3) is 17.0 Å². The Bertz CT molecular complexity index is 1130. The van der Waals surface area contributed by atoms with Crippen LogP contribution in [0.4, 0.5) is 4.39 Å². The Morgan fingerprint density at radius 1 is 1.15 bits per heavy atom. The average molecular weight is 467 g/mol. The number of hydrogen-bond donors (Lipinski definition) is 1. The van der Waals surface area contributed by atoms with Crippen LogP contribution in [0.3, 0.4) is 0 Å². The highest BCUT2D eigenvalue weighted by atomic mass is 32.1. The van der Waals surface area contributed by atoms with E-state index in [1.807, 2.05) is 56.0 Å². The van der Waals surface area contributed by atoms with Gasteiger partial charge >= 0.3 is 0 Å². The zero-order chi connectivity index (χ0) is 23.4. The van der Waals surface area contributed by atoms with Gasteiger partial charge in [0.25, 0.3) is 5.89 Å². The lowest BCUT2D eigenvalue weighted by Crippen LogP contribution is -2.46. The second-order valence-electron chi connectivity index (χ2n) is 8.15. The summed E-state index contributed by atoms with van der Waals surface area (Å²) in [7, 11) is 0. The van der Waals surface area contributed by atoms with Gasteiger partial charge in [-0.25, -0.2) is 4.39 Å². The molecule has 1 aliphatic heterocycles. The fourth-order valence-electron chi connectivity index (χ4n) is 3.81. The molecule has 33 heavy (non-hydrogen) atoms. The van der Waals surface area contributed by atoms with Gasteiger partial charge in [-0.2, -0.15) is 4.98 Å². The first-order valence-corrected chi connectivity index (χ1v) is 11.4. The number of rotatable bonds is 8. The predicted molar refractivity (Wildman–Crippen MR) is 130 cm³/mol. The summed E-state index contributed by atoms with van der Waals surface area (Å²) in [5, 5.41) is 8.18. The fourth-order valence-corrected chi connectivity index (χ4v) is 4.16. The largest absolute Gasteiger partial charge is 0.379 e. The lowest BCUT2D eigenvalue weighted by atomic mass is 9.94. The Labute approximate surface area is 198 Å². The van der Waals surface area contributed by atoms with Crippen LogP contribution in [0.15, 0.2) is 64.8 Å². The second kappa shape index (κ2) is 10.2. The maximum absolute atomic E-state index is 13.6. The summed E-state index contributed by atoms with van der Waals surface area (Å²) in [5.41, 5.74) is 3.46. The van der Waals surface area contributed by atoms with Gasteiger partial charge in [0.15, 0.2) is 5.11 Å². The third kappa shape index (κ3) is 5.29. The monoisotopic (exact) mass is 466 g/mol. The minimum absolute atomic E-state index is 0.182. The van der Waals surface area contributed by atoms with Gasteiger partial charge in [0.1, 0.15) is 5.82 Å². The molecule has 0 spiro atoms. The standard InChI is InChI=1S/C25H27FN4O2S/c1-16(2)31-15-7-14-30-17(3)21(22(27-25(30)33)18-10-12-20(26)13-11-18)24-28-23(29-32-24)19-8-5-4-6-9-19/h4-6,8-13,16,22H,7,14-15H2,1-3H3,(H,27,33). The third-order valence-electron chi connectivity index (χ3n) is 5.47. The first-order chi connectivity index (χ1) is 15.9. The van der Waals surface area contributed by atoms with E-state index in [9.17, 15) is 4.39 Å². The van der Waals surface area contributed by atoms with Gasteiger partial charge in [0.2, 0.25) is 5.82 Å². The van der Waals surface area contributed by atoms with E-state index in [-0.39, 0.29) is 18.0 Å². The number of hydrogen-bond acceptors (Lipinski definition) is 5. The van der Waals surface area contributed by atoms with E-state index >= 15 is 0 Å². The molecule has 3 aromatic rings. The van der Waals surface area contributed by atoms with Crippen LogP contribution >= 0.6 is 12.2 Å². The molecular formula is C25H27FN4O2S. The van der Waals surface area contributed by atoms with Crippen LogP contribution in [0.1, 0.15) is 44.7 Å². The van der Waals surface area contributed by atoms with Gasteiger partial charge in [-0.05, 0) is 57.1 Å². The SMILES string of the molecule is CC1=C(c2nc(-c3ccccc3)no2)C(c2ccc(F)cc2)NC(=S)N1CCCOC(C)C. The maximum Gasteiger partial charge on any atom is 0.258 e. The van der Waals surface area contributed by atoms with Crippen LogP contribution in [0.5, 0.6) is 0 Å². The molecule has 0 saturated heterocycles. The Morgan fingerprint density at radius 3 is 2.58 bits per heavy atom. The van der Waals surface area contributed by atoms with Crippen molar-refractivity contribution in [1.29, 1.82) is 0 Å². The molecule has 4 rings (SSSR count). The zero-order valence-electron chi connectivity index (χ0n) is 18.9. The average Bonchev–Trinajstić information content (AvgIpc) is 3.29. The lowest BCUT2D eigenvalue weighted by molar-refractivity contribution is 0.0749. The van der Waals surface area contributed by atoms with E-state index in [0.717, 1.165) is 28.8 Å². The predicted octanol–water partition coefficient (Wildman–Crippen LogP) is 5.35.